The largest absolute Gasteiger partial charge is 0.237 e. The predicted octanol–water partition coefficient (Wildman–Crippen LogP) is 7.42. The molecule has 0 amide bonds. The minimum absolute atomic E-state index is 0.168. The van der Waals surface area contributed by atoms with Gasteiger partial charge in [-0.3, -0.25) is 0 Å². The van der Waals surface area contributed by atoms with E-state index in [1.54, 1.807) is 0 Å². The molecular formula is C24H20Br2N2. The van der Waals surface area contributed by atoms with Crippen molar-refractivity contribution in [2.45, 2.75) is 49.4 Å². The van der Waals surface area contributed by atoms with Crippen LogP contribution in [-0.2, 0) is 10.8 Å². The summed E-state index contributed by atoms with van der Waals surface area (Å²) < 4.78 is 1.77. The van der Waals surface area contributed by atoms with Gasteiger partial charge in [0.15, 0.2) is 0 Å². The quantitative estimate of drug-likeness (QED) is 0.398. The van der Waals surface area contributed by atoms with Crippen molar-refractivity contribution in [1.29, 1.82) is 5.26 Å². The first-order valence-corrected chi connectivity index (χ1v) is 11.4. The number of nitrogens with zero attached hydrogens (tertiary/aromatic N) is 2. The Morgan fingerprint density at radius 3 is 2.07 bits per heavy atom. The standard InChI is InChI=1S/C24H20Br2N2/c1-28-22-8-19(3-5-21(22)26)24-11-15-6-16(12-24)10-23(9-15,14-24)18-2-4-20(25)17(7-18)13-27/h2-5,7-8,15-16H,6,9-12,14H2. The summed E-state index contributed by atoms with van der Waals surface area (Å²) in [6.45, 7) is 7.52. The summed E-state index contributed by atoms with van der Waals surface area (Å²) in [5.41, 5.74) is 4.48. The summed E-state index contributed by atoms with van der Waals surface area (Å²) in [4.78, 5) is 3.73. The fraction of sp³-hybridized carbons (Fsp3) is 0.417. The lowest BCUT2D eigenvalue weighted by Crippen LogP contribution is -2.55. The van der Waals surface area contributed by atoms with Gasteiger partial charge < -0.3 is 0 Å². The molecule has 2 atom stereocenters. The van der Waals surface area contributed by atoms with E-state index in [2.05, 4.69) is 79.2 Å². The van der Waals surface area contributed by atoms with Gasteiger partial charge in [0, 0.05) is 8.95 Å². The normalized spacial score (nSPS) is 32.7. The van der Waals surface area contributed by atoms with Crippen molar-refractivity contribution in [2.24, 2.45) is 11.8 Å². The van der Waals surface area contributed by atoms with Gasteiger partial charge in [-0.15, -0.1) is 0 Å². The molecule has 4 saturated carbocycles. The van der Waals surface area contributed by atoms with E-state index in [-0.39, 0.29) is 10.8 Å². The van der Waals surface area contributed by atoms with E-state index in [0.717, 1.165) is 38.5 Å². The summed E-state index contributed by atoms with van der Waals surface area (Å²) in [6.07, 6.45) is 7.45. The molecule has 4 aliphatic rings. The first-order valence-electron chi connectivity index (χ1n) is 9.85. The van der Waals surface area contributed by atoms with Crippen LogP contribution in [0.4, 0.5) is 5.69 Å². The molecule has 2 aromatic rings. The second-order valence-electron chi connectivity index (χ2n) is 9.11. The zero-order valence-corrected chi connectivity index (χ0v) is 18.7. The van der Waals surface area contributed by atoms with Crippen molar-refractivity contribution >= 4 is 37.5 Å². The van der Waals surface area contributed by atoms with Gasteiger partial charge in [-0.05, 0) is 94.8 Å². The summed E-state index contributed by atoms with van der Waals surface area (Å²) >= 11 is 7.04. The van der Waals surface area contributed by atoms with E-state index < -0.39 is 0 Å². The Morgan fingerprint density at radius 2 is 1.50 bits per heavy atom. The Bertz CT molecular complexity index is 964. The van der Waals surface area contributed by atoms with Crippen molar-refractivity contribution in [3.8, 4) is 6.07 Å². The summed E-state index contributed by atoms with van der Waals surface area (Å²) in [7, 11) is 0. The molecule has 0 radical (unpaired) electrons. The van der Waals surface area contributed by atoms with E-state index in [1.807, 2.05) is 0 Å². The predicted molar refractivity (Wildman–Crippen MR) is 117 cm³/mol. The molecule has 2 aromatic carbocycles. The van der Waals surface area contributed by atoms with Crippen LogP contribution in [0.5, 0.6) is 0 Å². The number of nitriles is 1. The highest BCUT2D eigenvalue weighted by Crippen LogP contribution is 2.66. The zero-order chi connectivity index (χ0) is 19.5. The van der Waals surface area contributed by atoms with Crippen LogP contribution >= 0.6 is 31.9 Å². The lowest BCUT2D eigenvalue weighted by molar-refractivity contribution is -0.0281. The number of hydrogen-bond donors (Lipinski definition) is 0. The van der Waals surface area contributed by atoms with E-state index in [1.165, 1.54) is 43.2 Å². The fourth-order valence-corrected chi connectivity index (χ4v) is 7.48. The van der Waals surface area contributed by atoms with Crippen molar-refractivity contribution in [3.63, 3.8) is 0 Å². The molecule has 0 aromatic heterocycles. The highest BCUT2D eigenvalue weighted by Gasteiger charge is 2.58. The van der Waals surface area contributed by atoms with Gasteiger partial charge in [0.25, 0.3) is 0 Å². The van der Waals surface area contributed by atoms with Crippen LogP contribution in [0.15, 0.2) is 45.3 Å². The van der Waals surface area contributed by atoms with Gasteiger partial charge in [-0.1, -0.05) is 45.8 Å². The summed E-state index contributed by atoms with van der Waals surface area (Å²) in [5.74, 6) is 1.49. The van der Waals surface area contributed by atoms with Crippen LogP contribution in [0.25, 0.3) is 4.85 Å². The van der Waals surface area contributed by atoms with Gasteiger partial charge in [0.2, 0.25) is 5.69 Å². The third-order valence-electron chi connectivity index (χ3n) is 7.44. The average molecular weight is 496 g/mol. The molecule has 0 spiro atoms. The molecule has 28 heavy (non-hydrogen) atoms. The second-order valence-corrected chi connectivity index (χ2v) is 10.8. The minimum atomic E-state index is 0.168. The van der Waals surface area contributed by atoms with Crippen LogP contribution in [0.1, 0.15) is 55.2 Å². The molecule has 6 rings (SSSR count). The maximum Gasteiger partial charge on any atom is 0.201 e. The van der Waals surface area contributed by atoms with Gasteiger partial charge in [-0.25, -0.2) is 4.85 Å². The number of rotatable bonds is 2. The van der Waals surface area contributed by atoms with E-state index >= 15 is 0 Å². The fourth-order valence-electron chi connectivity index (χ4n) is 6.81. The summed E-state index contributed by atoms with van der Waals surface area (Å²) in [6, 6.07) is 15.2. The highest BCUT2D eigenvalue weighted by molar-refractivity contribution is 9.11. The Labute approximate surface area is 183 Å². The molecule has 2 nitrogen and oxygen atoms in total. The van der Waals surface area contributed by atoms with Gasteiger partial charge in [0.1, 0.15) is 6.07 Å². The third-order valence-corrected chi connectivity index (χ3v) is 8.80. The van der Waals surface area contributed by atoms with Crippen LogP contribution in [0.3, 0.4) is 0 Å². The average Bonchev–Trinajstić information content (AvgIpc) is 2.67. The van der Waals surface area contributed by atoms with E-state index in [9.17, 15) is 5.26 Å². The molecule has 0 heterocycles. The maximum atomic E-state index is 9.52. The van der Waals surface area contributed by atoms with Gasteiger partial charge in [-0.2, -0.15) is 5.26 Å². The smallest absolute Gasteiger partial charge is 0.201 e. The topological polar surface area (TPSA) is 28.1 Å². The highest BCUT2D eigenvalue weighted by atomic mass is 79.9. The molecule has 4 fully saturated rings. The first-order chi connectivity index (χ1) is 13.5. The molecule has 2 unspecified atom stereocenters. The minimum Gasteiger partial charge on any atom is -0.237 e. The Kier molecular flexibility index (Phi) is 4.24. The van der Waals surface area contributed by atoms with Crippen LogP contribution < -0.4 is 0 Å². The van der Waals surface area contributed by atoms with Gasteiger partial charge in [0.05, 0.1) is 12.1 Å². The van der Waals surface area contributed by atoms with Crippen LogP contribution in [0.2, 0.25) is 0 Å². The van der Waals surface area contributed by atoms with Crippen LogP contribution in [0, 0.1) is 29.7 Å². The van der Waals surface area contributed by atoms with Crippen molar-refractivity contribution in [2.75, 3.05) is 0 Å². The van der Waals surface area contributed by atoms with E-state index in [4.69, 9.17) is 6.57 Å². The lowest BCUT2D eigenvalue weighted by atomic mass is 9.41. The number of halogens is 2. The molecule has 140 valence electrons. The molecule has 4 bridgehead atoms. The van der Waals surface area contributed by atoms with Crippen LogP contribution in [-0.4, -0.2) is 0 Å². The van der Waals surface area contributed by atoms with Crippen molar-refractivity contribution in [3.05, 3.63) is 73.5 Å². The molecule has 4 aliphatic carbocycles. The maximum absolute atomic E-state index is 9.52. The van der Waals surface area contributed by atoms with Gasteiger partial charge >= 0.3 is 0 Å². The second kappa shape index (κ2) is 6.45. The van der Waals surface area contributed by atoms with Crippen molar-refractivity contribution in [1.82, 2.24) is 0 Å². The van der Waals surface area contributed by atoms with E-state index in [0.29, 0.717) is 0 Å². The Hall–Kier alpha value is -1.62. The number of hydrogen-bond acceptors (Lipinski definition) is 1. The first kappa shape index (κ1) is 18.4. The molecule has 0 aliphatic heterocycles. The SMILES string of the molecule is [C-]#[N+]c1cc(C23CC4CC(CC(c5ccc(Br)c(C#N)c5)(C4)C2)C3)ccc1Br. The molecule has 4 heteroatoms. The molecular weight excluding hydrogens is 476 g/mol. The summed E-state index contributed by atoms with van der Waals surface area (Å²) in [5, 5.41) is 9.52. The Morgan fingerprint density at radius 1 is 0.929 bits per heavy atom. The molecule has 0 N–H and O–H groups in total. The lowest BCUT2D eigenvalue weighted by Gasteiger charge is -2.63. The zero-order valence-electron chi connectivity index (χ0n) is 15.5. The third kappa shape index (κ3) is 2.69. The molecule has 0 saturated heterocycles. The number of benzene rings is 2. The Balaban J connectivity index is 1.62. The monoisotopic (exact) mass is 494 g/mol. The van der Waals surface area contributed by atoms with Crippen molar-refractivity contribution < 1.29 is 0 Å².